The molecule has 0 saturated carbocycles. The van der Waals surface area contributed by atoms with Crippen LogP contribution in [-0.4, -0.2) is 17.0 Å². The number of carbonyl (C=O) groups is 2. The zero-order valence-corrected chi connectivity index (χ0v) is 11.6. The summed E-state index contributed by atoms with van der Waals surface area (Å²) in [4.78, 5) is 22.3. The minimum absolute atomic E-state index is 0.0204. The lowest BCUT2D eigenvalue weighted by Crippen LogP contribution is -2.13. The summed E-state index contributed by atoms with van der Waals surface area (Å²) in [7, 11) is 0. The maximum absolute atomic E-state index is 13.5. The van der Waals surface area contributed by atoms with Crippen molar-refractivity contribution in [3.8, 4) is 0 Å². The molecule has 2 aromatic carbocycles. The second kappa shape index (κ2) is 7.17. The van der Waals surface area contributed by atoms with Gasteiger partial charge in [0.05, 0.1) is 12.0 Å². The van der Waals surface area contributed by atoms with Gasteiger partial charge in [-0.3, -0.25) is 9.59 Å². The third-order valence-electron chi connectivity index (χ3n) is 2.89. The third-order valence-corrected chi connectivity index (χ3v) is 2.89. The molecule has 4 nitrogen and oxygen atoms in total. The molecule has 0 aliphatic heterocycles. The van der Waals surface area contributed by atoms with Gasteiger partial charge in [-0.05, 0) is 29.8 Å². The van der Waals surface area contributed by atoms with Crippen molar-refractivity contribution in [3.05, 3.63) is 71.6 Å². The zero-order chi connectivity index (χ0) is 15.9. The van der Waals surface area contributed by atoms with E-state index < -0.39 is 17.7 Å². The lowest BCUT2D eigenvalue weighted by atomic mass is 10.1. The summed E-state index contributed by atoms with van der Waals surface area (Å²) >= 11 is 0. The number of benzene rings is 2. The highest BCUT2D eigenvalue weighted by Gasteiger charge is 2.10. The molecule has 0 saturated heterocycles. The summed E-state index contributed by atoms with van der Waals surface area (Å²) in [5.74, 6) is -1.99. The van der Waals surface area contributed by atoms with E-state index in [9.17, 15) is 14.0 Å². The molecular formula is C17H14FNO3. The highest BCUT2D eigenvalue weighted by atomic mass is 19.1. The third kappa shape index (κ3) is 4.28. The van der Waals surface area contributed by atoms with E-state index in [-0.39, 0.29) is 12.0 Å². The van der Waals surface area contributed by atoms with Gasteiger partial charge in [0.1, 0.15) is 5.82 Å². The average molecular weight is 299 g/mol. The van der Waals surface area contributed by atoms with Gasteiger partial charge >= 0.3 is 5.97 Å². The first-order valence-corrected chi connectivity index (χ1v) is 6.60. The SMILES string of the molecule is O=C(O)C/C=C/c1ccc(NC(=O)c2ccccc2F)cc1. The smallest absolute Gasteiger partial charge is 0.307 e. The van der Waals surface area contributed by atoms with Crippen LogP contribution in [0.2, 0.25) is 0 Å². The van der Waals surface area contributed by atoms with E-state index in [2.05, 4.69) is 5.32 Å². The molecule has 0 spiro atoms. The van der Waals surface area contributed by atoms with Crippen molar-refractivity contribution in [1.82, 2.24) is 0 Å². The molecule has 2 N–H and O–H groups in total. The van der Waals surface area contributed by atoms with Crippen molar-refractivity contribution < 1.29 is 19.1 Å². The first kappa shape index (κ1) is 15.4. The minimum atomic E-state index is -0.898. The van der Waals surface area contributed by atoms with E-state index in [0.717, 1.165) is 5.56 Å². The molecule has 0 bridgehead atoms. The first-order chi connectivity index (χ1) is 10.6. The monoisotopic (exact) mass is 299 g/mol. The first-order valence-electron chi connectivity index (χ1n) is 6.60. The van der Waals surface area contributed by atoms with Gasteiger partial charge in [0, 0.05) is 5.69 Å². The van der Waals surface area contributed by atoms with Gasteiger partial charge in [-0.15, -0.1) is 0 Å². The van der Waals surface area contributed by atoms with E-state index in [1.54, 1.807) is 36.4 Å². The standard InChI is InChI=1S/C17H14FNO3/c18-15-6-2-1-5-14(15)17(22)19-13-10-8-12(9-11-13)4-3-7-16(20)21/h1-6,8-11H,7H2,(H,19,22)(H,20,21)/b4-3+. The Balaban J connectivity index is 2.02. The summed E-state index contributed by atoms with van der Waals surface area (Å²) in [6, 6.07) is 12.5. The Hall–Kier alpha value is -2.95. The number of anilines is 1. The van der Waals surface area contributed by atoms with Crippen molar-refractivity contribution in [2.75, 3.05) is 5.32 Å². The van der Waals surface area contributed by atoms with E-state index in [4.69, 9.17) is 5.11 Å². The summed E-state index contributed by atoms with van der Waals surface area (Å²) in [6.45, 7) is 0. The average Bonchev–Trinajstić information content (AvgIpc) is 2.49. The molecule has 2 rings (SSSR count). The van der Waals surface area contributed by atoms with Gasteiger partial charge in [-0.25, -0.2) is 4.39 Å². The molecule has 0 aliphatic carbocycles. The second-order valence-electron chi connectivity index (χ2n) is 4.56. The number of rotatable bonds is 5. The highest BCUT2D eigenvalue weighted by molar-refractivity contribution is 6.04. The molecule has 0 aromatic heterocycles. The van der Waals surface area contributed by atoms with Crippen molar-refractivity contribution >= 4 is 23.6 Å². The maximum atomic E-state index is 13.5. The number of carbonyl (C=O) groups excluding carboxylic acids is 1. The van der Waals surface area contributed by atoms with E-state index >= 15 is 0 Å². The Bertz CT molecular complexity index is 708. The fourth-order valence-corrected chi connectivity index (χ4v) is 1.82. The van der Waals surface area contributed by atoms with Crippen LogP contribution in [0.1, 0.15) is 22.3 Å². The highest BCUT2D eigenvalue weighted by Crippen LogP contribution is 2.14. The second-order valence-corrected chi connectivity index (χ2v) is 4.56. The molecule has 0 aliphatic rings. The van der Waals surface area contributed by atoms with Crippen LogP contribution < -0.4 is 5.32 Å². The lowest BCUT2D eigenvalue weighted by Gasteiger charge is -2.06. The summed E-state index contributed by atoms with van der Waals surface area (Å²) in [6.07, 6.45) is 3.16. The molecule has 0 unspecified atom stereocenters. The Labute approximate surface area is 126 Å². The van der Waals surface area contributed by atoms with Crippen LogP contribution in [0.5, 0.6) is 0 Å². The van der Waals surface area contributed by atoms with Crippen molar-refractivity contribution in [1.29, 1.82) is 0 Å². The Morgan fingerprint density at radius 1 is 1.09 bits per heavy atom. The molecule has 1 amide bonds. The predicted octanol–water partition coefficient (Wildman–Crippen LogP) is 3.57. The van der Waals surface area contributed by atoms with Crippen LogP contribution in [-0.2, 0) is 4.79 Å². The van der Waals surface area contributed by atoms with Crippen LogP contribution in [0.15, 0.2) is 54.6 Å². The van der Waals surface area contributed by atoms with Gasteiger partial charge in [0.15, 0.2) is 0 Å². The summed E-state index contributed by atoms with van der Waals surface area (Å²) < 4.78 is 13.5. The minimum Gasteiger partial charge on any atom is -0.481 e. The maximum Gasteiger partial charge on any atom is 0.307 e. The van der Waals surface area contributed by atoms with Crippen molar-refractivity contribution in [3.63, 3.8) is 0 Å². The Morgan fingerprint density at radius 2 is 1.77 bits per heavy atom. The molecule has 0 atom stereocenters. The quantitative estimate of drug-likeness (QED) is 0.887. The van der Waals surface area contributed by atoms with Gasteiger partial charge in [0.25, 0.3) is 5.91 Å². The molecule has 22 heavy (non-hydrogen) atoms. The number of aliphatic carboxylic acids is 1. The molecule has 0 radical (unpaired) electrons. The van der Waals surface area contributed by atoms with E-state index in [1.807, 2.05) is 0 Å². The van der Waals surface area contributed by atoms with Crippen LogP contribution in [0.25, 0.3) is 6.08 Å². The fourth-order valence-electron chi connectivity index (χ4n) is 1.82. The van der Waals surface area contributed by atoms with E-state index in [0.29, 0.717) is 5.69 Å². The molecule has 5 heteroatoms. The van der Waals surface area contributed by atoms with Gasteiger partial charge in [-0.1, -0.05) is 36.4 Å². The van der Waals surface area contributed by atoms with Gasteiger partial charge in [-0.2, -0.15) is 0 Å². The molecule has 0 fully saturated rings. The molecule has 112 valence electrons. The Morgan fingerprint density at radius 3 is 2.41 bits per heavy atom. The zero-order valence-electron chi connectivity index (χ0n) is 11.6. The topological polar surface area (TPSA) is 66.4 Å². The van der Waals surface area contributed by atoms with E-state index in [1.165, 1.54) is 24.3 Å². The Kier molecular flexibility index (Phi) is 5.03. The summed E-state index contributed by atoms with van der Waals surface area (Å²) in [5.41, 5.74) is 1.32. The fraction of sp³-hybridized carbons (Fsp3) is 0.0588. The van der Waals surface area contributed by atoms with Gasteiger partial charge in [0.2, 0.25) is 0 Å². The molecule has 2 aromatic rings. The van der Waals surface area contributed by atoms with Crippen LogP contribution >= 0.6 is 0 Å². The number of carboxylic acids is 1. The van der Waals surface area contributed by atoms with Crippen LogP contribution in [0.4, 0.5) is 10.1 Å². The van der Waals surface area contributed by atoms with Crippen LogP contribution in [0, 0.1) is 5.82 Å². The molecular weight excluding hydrogens is 285 g/mol. The number of carboxylic acid groups (broad SMARTS) is 1. The number of amides is 1. The van der Waals surface area contributed by atoms with Gasteiger partial charge < -0.3 is 10.4 Å². The summed E-state index contributed by atoms with van der Waals surface area (Å²) in [5, 5.41) is 11.1. The lowest BCUT2D eigenvalue weighted by molar-refractivity contribution is -0.135. The van der Waals surface area contributed by atoms with Crippen molar-refractivity contribution in [2.24, 2.45) is 0 Å². The predicted molar refractivity (Wildman–Crippen MR) is 82.1 cm³/mol. The number of halogens is 1. The van der Waals surface area contributed by atoms with Crippen LogP contribution in [0.3, 0.4) is 0 Å². The number of hydrogen-bond donors (Lipinski definition) is 2. The normalized spacial score (nSPS) is 10.6. The number of nitrogens with one attached hydrogen (secondary N) is 1. The van der Waals surface area contributed by atoms with Crippen molar-refractivity contribution in [2.45, 2.75) is 6.42 Å². The number of hydrogen-bond acceptors (Lipinski definition) is 2. The molecule has 0 heterocycles. The largest absolute Gasteiger partial charge is 0.481 e.